The fraction of sp³-hybridized carbons (Fsp3) is 0. The highest BCUT2D eigenvalue weighted by molar-refractivity contribution is 5.85. The van der Waals surface area contributed by atoms with Crippen molar-refractivity contribution in [1.29, 1.82) is 0 Å². The van der Waals surface area contributed by atoms with Gasteiger partial charge >= 0.3 is 0 Å². The van der Waals surface area contributed by atoms with Crippen molar-refractivity contribution in [2.45, 2.75) is 0 Å². The molecule has 2 rings (SSSR count). The Hall–Kier alpha value is -1.68. The normalized spacial score (nSPS) is 9.33. The molecule has 0 spiro atoms. The fourth-order valence-corrected chi connectivity index (χ4v) is 1.04. The molecule has 4 nitrogen and oxygen atoms in total. The molecule has 0 unspecified atom stereocenters. The van der Waals surface area contributed by atoms with E-state index in [1.54, 1.807) is 12.3 Å². The van der Waals surface area contributed by atoms with E-state index in [4.69, 9.17) is 0 Å². The number of aromatic nitrogens is 2. The van der Waals surface area contributed by atoms with Gasteiger partial charge in [-0.1, -0.05) is 0 Å². The van der Waals surface area contributed by atoms with E-state index in [0.29, 0.717) is 5.69 Å². The van der Waals surface area contributed by atoms with Crippen LogP contribution in [-0.2, 0) is 0 Å². The van der Waals surface area contributed by atoms with Crippen LogP contribution in [0.15, 0.2) is 24.4 Å². The van der Waals surface area contributed by atoms with Gasteiger partial charge in [-0.25, -0.2) is 4.98 Å². The average molecular weight is 163 g/mol. The van der Waals surface area contributed by atoms with Gasteiger partial charge in [0.05, 0.1) is 5.69 Å². The van der Waals surface area contributed by atoms with E-state index in [0.717, 1.165) is 17.3 Å². The molecule has 0 fully saturated rings. The third-order valence-electron chi connectivity index (χ3n) is 1.54. The smallest absolute Gasteiger partial charge is 0.166 e. The van der Waals surface area contributed by atoms with Crippen LogP contribution in [0, 0.1) is 0 Å². The molecule has 4 N–H and O–H groups in total. The quantitative estimate of drug-likeness (QED) is 0.625. The third kappa shape index (κ3) is 1.19. The number of aromatic amines is 1. The molecular weight excluding hydrogens is 154 g/mol. The second-order valence-electron chi connectivity index (χ2n) is 2.28. The molecule has 12 heavy (non-hydrogen) atoms. The van der Waals surface area contributed by atoms with Gasteiger partial charge < -0.3 is 11.1 Å². The lowest BCUT2D eigenvalue weighted by Crippen LogP contribution is -1.76. The van der Waals surface area contributed by atoms with Gasteiger partial charge in [0.2, 0.25) is 0 Å². The lowest BCUT2D eigenvalue weighted by Gasteiger charge is -1.82. The number of rotatable bonds is 1. The molecule has 2 aromatic rings. The summed E-state index contributed by atoms with van der Waals surface area (Å²) >= 11 is 0. The highest BCUT2D eigenvalue weighted by Crippen LogP contribution is 2.09. The van der Waals surface area contributed by atoms with Crippen LogP contribution < -0.4 is 6.15 Å². The summed E-state index contributed by atoms with van der Waals surface area (Å²) in [4.78, 5) is 17.2. The number of hydrogen-bond acceptors (Lipinski definition) is 3. The standard InChI is InChI=1S/C8H6N2O.H3N/c11-5-7-4-6-2-1-3-9-8(6)10-7;/h1-5H,(H,9,10);1H3. The lowest BCUT2D eigenvalue weighted by atomic mass is 10.3. The van der Waals surface area contributed by atoms with Crippen LogP contribution in [0.1, 0.15) is 10.5 Å². The Kier molecular flexibility index (Phi) is 2.21. The summed E-state index contributed by atoms with van der Waals surface area (Å²) in [7, 11) is 0. The molecule has 0 aliphatic carbocycles. The number of nitrogens with one attached hydrogen (secondary N) is 1. The number of carbonyl (C=O) groups excluding carboxylic acids is 1. The van der Waals surface area contributed by atoms with Crippen molar-refractivity contribution < 1.29 is 4.79 Å². The van der Waals surface area contributed by atoms with Crippen molar-refractivity contribution >= 4 is 17.3 Å². The van der Waals surface area contributed by atoms with Gasteiger partial charge in [0.15, 0.2) is 6.29 Å². The first kappa shape index (κ1) is 8.42. The molecule has 0 aliphatic heterocycles. The molecule has 2 heterocycles. The van der Waals surface area contributed by atoms with Crippen molar-refractivity contribution in [3.63, 3.8) is 0 Å². The highest BCUT2D eigenvalue weighted by Gasteiger charge is 1.97. The van der Waals surface area contributed by atoms with Gasteiger partial charge in [-0.3, -0.25) is 4.79 Å². The van der Waals surface area contributed by atoms with E-state index < -0.39 is 0 Å². The predicted octanol–water partition coefficient (Wildman–Crippen LogP) is 1.54. The van der Waals surface area contributed by atoms with Gasteiger partial charge in [-0.05, 0) is 18.2 Å². The van der Waals surface area contributed by atoms with Gasteiger partial charge in [0, 0.05) is 11.6 Å². The topological polar surface area (TPSA) is 80.8 Å². The Morgan fingerprint density at radius 1 is 1.50 bits per heavy atom. The summed E-state index contributed by atoms with van der Waals surface area (Å²) in [6.07, 6.45) is 2.47. The van der Waals surface area contributed by atoms with Crippen LogP contribution in [-0.4, -0.2) is 16.3 Å². The zero-order chi connectivity index (χ0) is 7.68. The van der Waals surface area contributed by atoms with Gasteiger partial charge in [-0.15, -0.1) is 0 Å². The van der Waals surface area contributed by atoms with Crippen molar-refractivity contribution in [2.24, 2.45) is 0 Å². The molecule has 0 saturated carbocycles. The molecule has 0 radical (unpaired) electrons. The van der Waals surface area contributed by atoms with Crippen molar-refractivity contribution in [3.05, 3.63) is 30.1 Å². The van der Waals surface area contributed by atoms with E-state index in [1.165, 1.54) is 0 Å². The Labute approximate surface area is 69.2 Å². The van der Waals surface area contributed by atoms with Crippen LogP contribution in [0.3, 0.4) is 0 Å². The number of carbonyl (C=O) groups is 1. The van der Waals surface area contributed by atoms with E-state index >= 15 is 0 Å². The number of pyridine rings is 1. The summed E-state index contributed by atoms with van der Waals surface area (Å²) in [5.74, 6) is 0. The minimum atomic E-state index is 0. The zero-order valence-corrected chi connectivity index (χ0v) is 6.45. The van der Waals surface area contributed by atoms with Crippen molar-refractivity contribution in [1.82, 2.24) is 16.1 Å². The molecule has 0 amide bonds. The maximum atomic E-state index is 10.3. The van der Waals surface area contributed by atoms with Gasteiger partial charge in [-0.2, -0.15) is 0 Å². The van der Waals surface area contributed by atoms with Crippen LogP contribution in [0.4, 0.5) is 0 Å². The molecular formula is C8H9N3O. The summed E-state index contributed by atoms with van der Waals surface area (Å²) in [6.45, 7) is 0. The molecule has 0 bridgehead atoms. The van der Waals surface area contributed by atoms with Crippen LogP contribution >= 0.6 is 0 Å². The van der Waals surface area contributed by atoms with Crippen molar-refractivity contribution in [2.75, 3.05) is 0 Å². The largest absolute Gasteiger partial charge is 0.344 e. The van der Waals surface area contributed by atoms with Crippen molar-refractivity contribution in [3.8, 4) is 0 Å². The first-order valence-electron chi connectivity index (χ1n) is 3.29. The predicted molar refractivity (Wildman–Crippen MR) is 46.5 cm³/mol. The maximum absolute atomic E-state index is 10.3. The first-order chi connectivity index (χ1) is 5.40. The summed E-state index contributed by atoms with van der Waals surface area (Å²) in [5, 5.41) is 0.967. The van der Waals surface area contributed by atoms with Crippen LogP contribution in [0.25, 0.3) is 11.0 Å². The van der Waals surface area contributed by atoms with E-state index in [9.17, 15) is 4.79 Å². The van der Waals surface area contributed by atoms with Crippen LogP contribution in [0.5, 0.6) is 0 Å². The van der Waals surface area contributed by atoms with E-state index in [2.05, 4.69) is 9.97 Å². The van der Waals surface area contributed by atoms with Gasteiger partial charge in [0.1, 0.15) is 5.65 Å². The molecule has 4 heteroatoms. The molecule has 2 aromatic heterocycles. The summed E-state index contributed by atoms with van der Waals surface area (Å²) < 4.78 is 0. The number of hydrogen-bond donors (Lipinski definition) is 2. The number of H-pyrrole nitrogens is 1. The minimum Gasteiger partial charge on any atom is -0.344 e. The molecule has 62 valence electrons. The Morgan fingerprint density at radius 3 is 3.00 bits per heavy atom. The number of fused-ring (bicyclic) bond motifs is 1. The molecule has 0 saturated heterocycles. The van der Waals surface area contributed by atoms with Crippen LogP contribution in [0.2, 0.25) is 0 Å². The molecule has 0 aliphatic rings. The minimum absolute atomic E-state index is 0. The average Bonchev–Trinajstić information content (AvgIpc) is 2.46. The van der Waals surface area contributed by atoms with E-state index in [-0.39, 0.29) is 6.15 Å². The second-order valence-corrected chi connectivity index (χ2v) is 2.28. The summed E-state index contributed by atoms with van der Waals surface area (Å²) in [5.41, 5.74) is 1.33. The first-order valence-corrected chi connectivity index (χ1v) is 3.29. The highest BCUT2D eigenvalue weighted by atomic mass is 16.1. The monoisotopic (exact) mass is 163 g/mol. The lowest BCUT2D eigenvalue weighted by molar-refractivity contribution is 0.112. The van der Waals surface area contributed by atoms with E-state index in [1.807, 2.05) is 12.1 Å². The fourth-order valence-electron chi connectivity index (χ4n) is 1.04. The Balaban J connectivity index is 0.000000720. The maximum Gasteiger partial charge on any atom is 0.166 e. The SMILES string of the molecule is N.O=Cc1cc2cccnc2[nH]1. The number of aldehydes is 1. The summed E-state index contributed by atoms with van der Waals surface area (Å²) in [6, 6.07) is 5.52. The van der Waals surface area contributed by atoms with Gasteiger partial charge in [0.25, 0.3) is 0 Å². The third-order valence-corrected chi connectivity index (χ3v) is 1.54. The molecule has 0 atom stereocenters. The second kappa shape index (κ2) is 3.15. The Morgan fingerprint density at radius 2 is 2.33 bits per heavy atom. The molecule has 0 aromatic carbocycles. The Bertz CT molecular complexity index is 361. The zero-order valence-electron chi connectivity index (χ0n) is 6.45. The number of nitrogens with zero attached hydrogens (tertiary/aromatic N) is 1.